The second-order valence-corrected chi connectivity index (χ2v) is 7.83. The van der Waals surface area contributed by atoms with E-state index in [9.17, 15) is 4.79 Å². The third-order valence-electron chi connectivity index (χ3n) is 5.63. The van der Waals surface area contributed by atoms with Gasteiger partial charge in [-0.3, -0.25) is 9.48 Å². The summed E-state index contributed by atoms with van der Waals surface area (Å²) < 4.78 is 13.0. The average Bonchev–Trinajstić information content (AvgIpc) is 3.39. The maximum atomic E-state index is 13.2. The van der Waals surface area contributed by atoms with Crippen molar-refractivity contribution in [2.24, 2.45) is 7.05 Å². The fraction of sp³-hybridized carbons (Fsp3) is 0.154. The van der Waals surface area contributed by atoms with E-state index in [1.165, 1.54) is 0 Å². The van der Waals surface area contributed by atoms with E-state index in [1.807, 2.05) is 66.8 Å². The molecule has 0 unspecified atom stereocenters. The molecule has 0 fully saturated rings. The number of hydrogen-bond donors (Lipinski definition) is 0. The average molecular weight is 425 g/mol. The van der Waals surface area contributed by atoms with Crippen LogP contribution in [0.3, 0.4) is 0 Å². The number of ether oxygens (including phenoxy) is 2. The van der Waals surface area contributed by atoms with Gasteiger partial charge in [0.05, 0.1) is 18.9 Å². The standard InChI is InChI=1S/C26H23N3O3/c1-28-16-21(14-27-28)19-8-6-18(7-9-19)15-29-17-20-4-3-5-24(25(20)26(29)30)32-23-12-10-22(31-2)11-13-23/h3-14,16H,15,17H2,1-2H3. The van der Waals surface area contributed by atoms with Crippen LogP contribution in [0.4, 0.5) is 0 Å². The van der Waals surface area contributed by atoms with Gasteiger partial charge in [0.2, 0.25) is 0 Å². The number of carbonyl (C=O) groups excluding carboxylic acids is 1. The highest BCUT2D eigenvalue weighted by Crippen LogP contribution is 2.35. The van der Waals surface area contributed by atoms with Crippen molar-refractivity contribution >= 4 is 5.91 Å². The molecule has 0 saturated carbocycles. The number of nitrogens with zero attached hydrogens (tertiary/aromatic N) is 3. The van der Waals surface area contributed by atoms with Crippen molar-refractivity contribution in [2.45, 2.75) is 13.1 Å². The van der Waals surface area contributed by atoms with Gasteiger partial charge in [-0.25, -0.2) is 0 Å². The van der Waals surface area contributed by atoms with E-state index in [2.05, 4.69) is 29.4 Å². The number of carbonyl (C=O) groups is 1. The monoisotopic (exact) mass is 425 g/mol. The first-order valence-electron chi connectivity index (χ1n) is 10.4. The van der Waals surface area contributed by atoms with Gasteiger partial charge in [-0.05, 0) is 47.0 Å². The van der Waals surface area contributed by atoms with E-state index in [0.29, 0.717) is 30.2 Å². The number of amides is 1. The molecule has 32 heavy (non-hydrogen) atoms. The van der Waals surface area contributed by atoms with Gasteiger partial charge in [0.1, 0.15) is 17.2 Å². The molecule has 0 bridgehead atoms. The van der Waals surface area contributed by atoms with Crippen LogP contribution in [0.1, 0.15) is 21.5 Å². The number of benzene rings is 3. The maximum Gasteiger partial charge on any atom is 0.258 e. The van der Waals surface area contributed by atoms with Crippen LogP contribution >= 0.6 is 0 Å². The Labute approximate surface area is 186 Å². The van der Waals surface area contributed by atoms with Crippen molar-refractivity contribution in [3.05, 3.63) is 95.8 Å². The fourth-order valence-corrected chi connectivity index (χ4v) is 3.96. The van der Waals surface area contributed by atoms with Gasteiger partial charge >= 0.3 is 0 Å². The lowest BCUT2D eigenvalue weighted by molar-refractivity contribution is 0.0765. The number of aryl methyl sites for hydroxylation is 1. The van der Waals surface area contributed by atoms with Crippen molar-refractivity contribution in [1.82, 2.24) is 14.7 Å². The molecule has 0 saturated heterocycles. The lowest BCUT2D eigenvalue weighted by Crippen LogP contribution is -2.23. The Morgan fingerprint density at radius 2 is 1.69 bits per heavy atom. The van der Waals surface area contributed by atoms with Crippen LogP contribution in [-0.4, -0.2) is 27.7 Å². The van der Waals surface area contributed by atoms with Gasteiger partial charge in [0.15, 0.2) is 0 Å². The number of methoxy groups -OCH3 is 1. The SMILES string of the molecule is COc1ccc(Oc2cccc3c2C(=O)N(Cc2ccc(-c4cnn(C)c4)cc2)C3)cc1. The highest BCUT2D eigenvalue weighted by molar-refractivity contribution is 6.01. The molecule has 1 aliphatic heterocycles. The zero-order valence-electron chi connectivity index (χ0n) is 18.0. The van der Waals surface area contributed by atoms with E-state index < -0.39 is 0 Å². The third-order valence-corrected chi connectivity index (χ3v) is 5.63. The smallest absolute Gasteiger partial charge is 0.258 e. The van der Waals surface area contributed by atoms with Crippen molar-refractivity contribution in [2.75, 3.05) is 7.11 Å². The van der Waals surface area contributed by atoms with Crippen molar-refractivity contribution in [1.29, 1.82) is 0 Å². The van der Waals surface area contributed by atoms with Gasteiger partial charge in [0, 0.05) is 31.9 Å². The van der Waals surface area contributed by atoms with E-state index in [0.717, 1.165) is 28.0 Å². The van der Waals surface area contributed by atoms with E-state index in [1.54, 1.807) is 11.8 Å². The zero-order chi connectivity index (χ0) is 22.1. The molecule has 2 heterocycles. The topological polar surface area (TPSA) is 56.6 Å². The minimum Gasteiger partial charge on any atom is -0.497 e. The molecule has 1 aliphatic rings. The van der Waals surface area contributed by atoms with E-state index in [4.69, 9.17) is 9.47 Å². The number of aromatic nitrogens is 2. The fourth-order valence-electron chi connectivity index (χ4n) is 3.96. The first kappa shape index (κ1) is 19.9. The van der Waals surface area contributed by atoms with Crippen molar-refractivity contribution in [3.8, 4) is 28.4 Å². The van der Waals surface area contributed by atoms with Crippen LogP contribution < -0.4 is 9.47 Å². The lowest BCUT2D eigenvalue weighted by Gasteiger charge is -2.16. The summed E-state index contributed by atoms with van der Waals surface area (Å²) in [4.78, 5) is 15.1. The van der Waals surface area contributed by atoms with Gasteiger partial charge in [-0.2, -0.15) is 5.10 Å². The van der Waals surface area contributed by atoms with Crippen LogP contribution in [0.25, 0.3) is 11.1 Å². The van der Waals surface area contributed by atoms with Gasteiger partial charge < -0.3 is 14.4 Å². The summed E-state index contributed by atoms with van der Waals surface area (Å²) in [6.07, 6.45) is 3.83. The lowest BCUT2D eigenvalue weighted by atomic mass is 10.1. The summed E-state index contributed by atoms with van der Waals surface area (Å²) in [5.41, 5.74) is 4.87. The Kier molecular flexibility index (Phi) is 5.11. The number of hydrogen-bond acceptors (Lipinski definition) is 4. The number of rotatable bonds is 6. The van der Waals surface area contributed by atoms with E-state index >= 15 is 0 Å². The molecule has 0 radical (unpaired) electrons. The molecule has 1 aromatic heterocycles. The van der Waals surface area contributed by atoms with Gasteiger partial charge in [-0.1, -0.05) is 36.4 Å². The molecule has 1 amide bonds. The van der Waals surface area contributed by atoms with Crippen molar-refractivity contribution in [3.63, 3.8) is 0 Å². The minimum atomic E-state index is -0.0135. The van der Waals surface area contributed by atoms with Gasteiger partial charge in [0.25, 0.3) is 5.91 Å². The second-order valence-electron chi connectivity index (χ2n) is 7.83. The minimum absolute atomic E-state index is 0.0135. The molecule has 4 aromatic rings. The number of fused-ring (bicyclic) bond motifs is 1. The maximum absolute atomic E-state index is 13.2. The van der Waals surface area contributed by atoms with Crippen LogP contribution in [0.5, 0.6) is 17.2 Å². The predicted octanol–water partition coefficient (Wildman–Crippen LogP) is 5.04. The predicted molar refractivity (Wildman–Crippen MR) is 122 cm³/mol. The first-order valence-corrected chi connectivity index (χ1v) is 10.4. The summed E-state index contributed by atoms with van der Waals surface area (Å²) in [6, 6.07) is 21.4. The highest BCUT2D eigenvalue weighted by Gasteiger charge is 2.30. The molecular formula is C26H23N3O3. The molecule has 0 spiro atoms. The molecule has 0 aliphatic carbocycles. The summed E-state index contributed by atoms with van der Waals surface area (Å²) in [5.74, 6) is 1.98. The highest BCUT2D eigenvalue weighted by atomic mass is 16.5. The van der Waals surface area contributed by atoms with E-state index in [-0.39, 0.29) is 5.91 Å². The Morgan fingerprint density at radius 1 is 0.938 bits per heavy atom. The second kappa shape index (κ2) is 8.23. The Bertz CT molecular complexity index is 1260. The Morgan fingerprint density at radius 3 is 2.38 bits per heavy atom. The largest absolute Gasteiger partial charge is 0.497 e. The van der Waals surface area contributed by atoms with Crippen molar-refractivity contribution < 1.29 is 14.3 Å². The molecule has 160 valence electrons. The molecule has 0 atom stereocenters. The van der Waals surface area contributed by atoms with Crippen LogP contribution in [-0.2, 0) is 20.1 Å². The first-order chi connectivity index (χ1) is 15.6. The molecule has 3 aromatic carbocycles. The summed E-state index contributed by atoms with van der Waals surface area (Å²) >= 11 is 0. The Balaban J connectivity index is 1.32. The molecule has 0 N–H and O–H groups in total. The molecule has 6 nitrogen and oxygen atoms in total. The normalized spacial score (nSPS) is 12.7. The summed E-state index contributed by atoms with van der Waals surface area (Å²) in [6.45, 7) is 1.11. The summed E-state index contributed by atoms with van der Waals surface area (Å²) in [5, 5.41) is 4.22. The molecular weight excluding hydrogens is 402 g/mol. The zero-order valence-corrected chi connectivity index (χ0v) is 18.0. The van der Waals surface area contributed by atoms with Gasteiger partial charge in [-0.15, -0.1) is 0 Å². The summed E-state index contributed by atoms with van der Waals surface area (Å²) in [7, 11) is 3.53. The quantitative estimate of drug-likeness (QED) is 0.434. The van der Waals surface area contributed by atoms with Crippen LogP contribution in [0.2, 0.25) is 0 Å². The van der Waals surface area contributed by atoms with Crippen LogP contribution in [0, 0.1) is 0 Å². The molecule has 5 rings (SSSR count). The molecule has 6 heteroatoms. The Hall–Kier alpha value is -4.06. The van der Waals surface area contributed by atoms with Crippen LogP contribution in [0.15, 0.2) is 79.1 Å². The third kappa shape index (κ3) is 3.83.